The van der Waals surface area contributed by atoms with Crippen LogP contribution in [0, 0.1) is 5.92 Å². The van der Waals surface area contributed by atoms with Gasteiger partial charge in [-0.2, -0.15) is 0 Å². The number of halogens is 1. The quantitative estimate of drug-likeness (QED) is 0.285. The van der Waals surface area contributed by atoms with E-state index in [1.165, 1.54) is 6.92 Å². The molecule has 0 atom stereocenters. The van der Waals surface area contributed by atoms with Gasteiger partial charge < -0.3 is 15.4 Å². The molecule has 0 heterocycles. The van der Waals surface area contributed by atoms with Crippen LogP contribution in [0.1, 0.15) is 47.1 Å². The summed E-state index contributed by atoms with van der Waals surface area (Å²) < 4.78 is 5.66. The predicted octanol–water partition coefficient (Wildman–Crippen LogP) is 5.99. The van der Waals surface area contributed by atoms with Gasteiger partial charge in [-0.15, -0.1) is 0 Å². The highest BCUT2D eigenvalue weighted by molar-refractivity contribution is 6.30. The molecule has 0 aromatic heterocycles. The maximum atomic E-state index is 13.1. The second-order valence-corrected chi connectivity index (χ2v) is 8.82. The minimum Gasteiger partial charge on any atom is -0.493 e. The van der Waals surface area contributed by atoms with Crippen LogP contribution in [0.15, 0.2) is 78.5 Å². The molecule has 0 fully saturated rings. The number of nitrogens with one attached hydrogen (secondary N) is 2. The second-order valence-electron chi connectivity index (χ2n) is 8.38. The molecule has 3 rings (SSSR count). The first kappa shape index (κ1) is 25.7. The summed E-state index contributed by atoms with van der Waals surface area (Å²) >= 11 is 5.97. The standard InChI is InChI=1S/C28H27ClN2O4/c1-18(2)17-35-25-14-8-22(9-15-25)27(33)31-26(16-20-4-10-23(29)11-5-20)28(34)30-24-12-6-21(7-13-24)19(3)32/h4-16,18H,17H2,1-3H3,(H,30,34)(H,31,33). The molecule has 35 heavy (non-hydrogen) atoms. The minimum atomic E-state index is -0.513. The van der Waals surface area contributed by atoms with Gasteiger partial charge in [-0.25, -0.2) is 0 Å². The summed E-state index contributed by atoms with van der Waals surface area (Å²) in [6.45, 7) is 6.16. The Balaban J connectivity index is 1.80. The van der Waals surface area contributed by atoms with Gasteiger partial charge in [-0.05, 0) is 85.1 Å². The van der Waals surface area contributed by atoms with E-state index in [1.807, 2.05) is 0 Å². The van der Waals surface area contributed by atoms with Gasteiger partial charge >= 0.3 is 0 Å². The zero-order valence-corrected chi connectivity index (χ0v) is 20.6. The smallest absolute Gasteiger partial charge is 0.272 e. The predicted molar refractivity (Wildman–Crippen MR) is 139 cm³/mol. The van der Waals surface area contributed by atoms with Gasteiger partial charge in [0.1, 0.15) is 11.4 Å². The van der Waals surface area contributed by atoms with E-state index >= 15 is 0 Å². The van der Waals surface area contributed by atoms with Crippen LogP contribution in [-0.4, -0.2) is 24.2 Å². The van der Waals surface area contributed by atoms with E-state index < -0.39 is 11.8 Å². The van der Waals surface area contributed by atoms with Crippen molar-refractivity contribution in [3.8, 4) is 5.75 Å². The van der Waals surface area contributed by atoms with Gasteiger partial charge in [0.05, 0.1) is 6.61 Å². The molecule has 0 aliphatic rings. The maximum Gasteiger partial charge on any atom is 0.272 e. The molecule has 0 aliphatic heterocycles. The van der Waals surface area contributed by atoms with Crippen LogP contribution in [0.2, 0.25) is 5.02 Å². The molecule has 3 aromatic rings. The SMILES string of the molecule is CC(=O)c1ccc(NC(=O)C(=Cc2ccc(Cl)cc2)NC(=O)c2ccc(OCC(C)C)cc2)cc1. The van der Waals surface area contributed by atoms with E-state index in [0.29, 0.717) is 45.7 Å². The molecule has 0 spiro atoms. The number of hydrogen-bond acceptors (Lipinski definition) is 4. The highest BCUT2D eigenvalue weighted by atomic mass is 35.5. The first-order valence-corrected chi connectivity index (χ1v) is 11.5. The Labute approximate surface area is 210 Å². The first-order chi connectivity index (χ1) is 16.7. The van der Waals surface area contributed by atoms with Crippen LogP contribution in [0.25, 0.3) is 6.08 Å². The highest BCUT2D eigenvalue weighted by Gasteiger charge is 2.16. The van der Waals surface area contributed by atoms with Crippen molar-refractivity contribution in [2.45, 2.75) is 20.8 Å². The van der Waals surface area contributed by atoms with Gasteiger partial charge in [-0.3, -0.25) is 14.4 Å². The summed E-state index contributed by atoms with van der Waals surface area (Å²) in [5.74, 6) is 0.0252. The molecule has 0 saturated carbocycles. The van der Waals surface area contributed by atoms with Crippen molar-refractivity contribution in [1.29, 1.82) is 0 Å². The lowest BCUT2D eigenvalue weighted by molar-refractivity contribution is -0.113. The van der Waals surface area contributed by atoms with Crippen LogP contribution < -0.4 is 15.4 Å². The van der Waals surface area contributed by atoms with Gasteiger partial charge in [0.2, 0.25) is 0 Å². The zero-order chi connectivity index (χ0) is 25.4. The number of Topliss-reactive ketones (excluding diaryl/α,β-unsaturated/α-hetero) is 1. The van der Waals surface area contributed by atoms with Crippen molar-refractivity contribution in [2.24, 2.45) is 5.92 Å². The fourth-order valence-electron chi connectivity index (χ4n) is 3.03. The van der Waals surface area contributed by atoms with Crippen LogP contribution in [0.4, 0.5) is 5.69 Å². The summed E-state index contributed by atoms with van der Waals surface area (Å²) in [6.07, 6.45) is 1.56. The molecular formula is C28H27ClN2O4. The molecule has 3 aromatic carbocycles. The lowest BCUT2D eigenvalue weighted by Crippen LogP contribution is -2.30. The summed E-state index contributed by atoms with van der Waals surface area (Å²) in [6, 6.07) is 20.1. The third-order valence-electron chi connectivity index (χ3n) is 4.92. The van der Waals surface area contributed by atoms with E-state index in [2.05, 4.69) is 24.5 Å². The van der Waals surface area contributed by atoms with Crippen LogP contribution in [0.5, 0.6) is 5.75 Å². The molecular weight excluding hydrogens is 464 g/mol. The minimum absolute atomic E-state index is 0.0492. The third-order valence-corrected chi connectivity index (χ3v) is 5.17. The summed E-state index contributed by atoms with van der Waals surface area (Å²) in [7, 11) is 0. The number of ketones is 1. The van der Waals surface area contributed by atoms with Gasteiger partial charge in [0, 0.05) is 21.8 Å². The molecule has 180 valence electrons. The van der Waals surface area contributed by atoms with Gasteiger partial charge in [0.15, 0.2) is 5.78 Å². The summed E-state index contributed by atoms with van der Waals surface area (Å²) in [5, 5.41) is 6.01. The number of benzene rings is 3. The fourth-order valence-corrected chi connectivity index (χ4v) is 3.16. The number of amides is 2. The topological polar surface area (TPSA) is 84.5 Å². The number of rotatable bonds is 9. The zero-order valence-electron chi connectivity index (χ0n) is 19.8. The number of carbonyl (C=O) groups is 3. The second kappa shape index (κ2) is 12.0. The van der Waals surface area contributed by atoms with Crippen molar-refractivity contribution in [1.82, 2.24) is 5.32 Å². The van der Waals surface area contributed by atoms with E-state index in [-0.39, 0.29) is 11.5 Å². The molecule has 0 bridgehead atoms. The van der Waals surface area contributed by atoms with Crippen molar-refractivity contribution in [3.05, 3.63) is 100 Å². The molecule has 2 amide bonds. The Morgan fingerprint density at radius 2 is 1.49 bits per heavy atom. The van der Waals surface area contributed by atoms with E-state index in [9.17, 15) is 14.4 Å². The third kappa shape index (κ3) is 7.83. The fraction of sp³-hybridized carbons (Fsp3) is 0.179. The molecule has 0 radical (unpaired) electrons. The summed E-state index contributed by atoms with van der Waals surface area (Å²) in [4.78, 5) is 37.5. The van der Waals surface area contributed by atoms with Gasteiger partial charge in [-0.1, -0.05) is 37.6 Å². The number of carbonyl (C=O) groups excluding carboxylic acids is 3. The highest BCUT2D eigenvalue weighted by Crippen LogP contribution is 2.17. The lowest BCUT2D eigenvalue weighted by atomic mass is 10.1. The van der Waals surface area contributed by atoms with E-state index in [0.717, 1.165) is 0 Å². The van der Waals surface area contributed by atoms with Crippen molar-refractivity contribution in [2.75, 3.05) is 11.9 Å². The van der Waals surface area contributed by atoms with Crippen LogP contribution in [0.3, 0.4) is 0 Å². The van der Waals surface area contributed by atoms with E-state index in [4.69, 9.17) is 16.3 Å². The Hall–Kier alpha value is -3.90. The van der Waals surface area contributed by atoms with Gasteiger partial charge in [0.25, 0.3) is 11.8 Å². The Morgan fingerprint density at radius 1 is 0.886 bits per heavy atom. The van der Waals surface area contributed by atoms with Crippen molar-refractivity contribution < 1.29 is 19.1 Å². The molecule has 0 unspecified atom stereocenters. The summed E-state index contributed by atoms with van der Waals surface area (Å²) in [5.41, 5.74) is 2.14. The maximum absolute atomic E-state index is 13.1. The largest absolute Gasteiger partial charge is 0.493 e. The van der Waals surface area contributed by atoms with Crippen molar-refractivity contribution >= 4 is 41.0 Å². The van der Waals surface area contributed by atoms with Crippen molar-refractivity contribution in [3.63, 3.8) is 0 Å². The molecule has 0 saturated heterocycles. The normalized spacial score (nSPS) is 11.2. The number of ether oxygens (including phenoxy) is 1. The molecule has 7 heteroatoms. The van der Waals surface area contributed by atoms with E-state index in [1.54, 1.807) is 78.9 Å². The van der Waals surface area contributed by atoms with Crippen LogP contribution in [-0.2, 0) is 4.79 Å². The first-order valence-electron chi connectivity index (χ1n) is 11.1. The number of anilines is 1. The Kier molecular flexibility index (Phi) is 8.81. The monoisotopic (exact) mass is 490 g/mol. The molecule has 2 N–H and O–H groups in total. The number of hydrogen-bond donors (Lipinski definition) is 2. The van der Waals surface area contributed by atoms with Crippen LogP contribution >= 0.6 is 11.6 Å². The average Bonchev–Trinajstić information content (AvgIpc) is 2.84. The average molecular weight is 491 g/mol. The Morgan fingerprint density at radius 3 is 2.06 bits per heavy atom. The Bertz CT molecular complexity index is 1220. The molecule has 0 aliphatic carbocycles. The lowest BCUT2D eigenvalue weighted by Gasteiger charge is -2.12. The molecule has 6 nitrogen and oxygen atoms in total.